The predicted octanol–water partition coefficient (Wildman–Crippen LogP) is 2.71. The summed E-state index contributed by atoms with van der Waals surface area (Å²) in [7, 11) is 0. The molecule has 0 saturated carbocycles. The van der Waals surface area contributed by atoms with Crippen LogP contribution in [-0.4, -0.2) is 24.5 Å². The predicted molar refractivity (Wildman–Crippen MR) is 69.4 cm³/mol. The Labute approximate surface area is 119 Å². The lowest BCUT2D eigenvalue weighted by Crippen LogP contribution is -2.52. The lowest BCUT2D eigenvalue weighted by atomic mass is 9.99. The summed E-state index contributed by atoms with van der Waals surface area (Å²) in [5, 5.41) is 5.75. The van der Waals surface area contributed by atoms with Crippen LogP contribution in [0.3, 0.4) is 0 Å². The molecule has 2 N–H and O–H groups in total. The Morgan fingerprint density at radius 2 is 2.10 bits per heavy atom. The van der Waals surface area contributed by atoms with Gasteiger partial charge in [0.05, 0.1) is 11.1 Å². The average molecular weight is 304 g/mol. The Morgan fingerprint density at radius 3 is 2.71 bits per heavy atom. The molecule has 21 heavy (non-hydrogen) atoms. The van der Waals surface area contributed by atoms with E-state index in [1.54, 1.807) is 0 Å². The van der Waals surface area contributed by atoms with Crippen LogP contribution in [0.2, 0.25) is 0 Å². The Morgan fingerprint density at radius 1 is 1.38 bits per heavy atom. The van der Waals surface area contributed by atoms with E-state index in [1.165, 1.54) is 0 Å². The molecule has 1 aliphatic heterocycles. The number of carbonyl (C=O) groups excluding carboxylic acids is 1. The fraction of sp³-hybridized carbons (Fsp3) is 0.500. The summed E-state index contributed by atoms with van der Waals surface area (Å²) >= 11 is 0. The van der Waals surface area contributed by atoms with Crippen LogP contribution < -0.4 is 10.6 Å². The maximum atomic E-state index is 13.9. The van der Waals surface area contributed by atoms with Crippen LogP contribution in [-0.2, 0) is 6.18 Å². The summed E-state index contributed by atoms with van der Waals surface area (Å²) in [6, 6.07) is 2.48. The van der Waals surface area contributed by atoms with Crippen LogP contribution in [0.5, 0.6) is 0 Å². The maximum absolute atomic E-state index is 13.9. The molecule has 1 saturated heterocycles. The van der Waals surface area contributed by atoms with Crippen LogP contribution >= 0.6 is 0 Å². The fourth-order valence-corrected chi connectivity index (χ4v) is 2.41. The third-order valence-electron chi connectivity index (χ3n) is 3.63. The standard InChI is InChI=1S/C14H16F4N2O/c1-8-11(6-3-7-19-8)20-13(21)9-4-2-5-10(12(9)15)14(16,17)18/h2,4-5,8,11,19H,3,6-7H2,1H3,(H,20,21)/t8-,11-/m0/s1. The van der Waals surface area contributed by atoms with Gasteiger partial charge >= 0.3 is 6.18 Å². The van der Waals surface area contributed by atoms with E-state index in [-0.39, 0.29) is 12.1 Å². The maximum Gasteiger partial charge on any atom is 0.419 e. The number of rotatable bonds is 2. The highest BCUT2D eigenvalue weighted by Crippen LogP contribution is 2.32. The van der Waals surface area contributed by atoms with Crippen molar-refractivity contribution in [2.45, 2.75) is 38.0 Å². The van der Waals surface area contributed by atoms with Gasteiger partial charge in [-0.05, 0) is 38.4 Å². The molecule has 1 amide bonds. The summed E-state index contributed by atoms with van der Waals surface area (Å²) in [6.45, 7) is 2.69. The first-order valence-electron chi connectivity index (χ1n) is 6.70. The van der Waals surface area contributed by atoms with E-state index in [0.717, 1.165) is 25.1 Å². The average Bonchev–Trinajstić information content (AvgIpc) is 2.40. The minimum atomic E-state index is -4.82. The zero-order valence-corrected chi connectivity index (χ0v) is 11.4. The zero-order chi connectivity index (χ0) is 15.6. The summed E-state index contributed by atoms with van der Waals surface area (Å²) in [4.78, 5) is 12.0. The van der Waals surface area contributed by atoms with Crippen LogP contribution in [0, 0.1) is 5.82 Å². The molecule has 1 aliphatic rings. The van der Waals surface area contributed by atoms with Crippen molar-refractivity contribution in [2.75, 3.05) is 6.54 Å². The molecule has 116 valence electrons. The molecular formula is C14H16F4N2O. The van der Waals surface area contributed by atoms with Gasteiger partial charge in [0, 0.05) is 12.1 Å². The Hall–Kier alpha value is -1.63. The summed E-state index contributed by atoms with van der Waals surface area (Å²) < 4.78 is 51.8. The molecular weight excluding hydrogens is 288 g/mol. The van der Waals surface area contributed by atoms with Crippen LogP contribution in [0.1, 0.15) is 35.7 Å². The summed E-state index contributed by atoms with van der Waals surface area (Å²) in [5.41, 5.74) is -2.01. The molecule has 1 fully saturated rings. The van der Waals surface area contributed by atoms with Gasteiger partial charge in [-0.2, -0.15) is 13.2 Å². The highest BCUT2D eigenvalue weighted by atomic mass is 19.4. The Balaban J connectivity index is 2.20. The highest BCUT2D eigenvalue weighted by molar-refractivity contribution is 5.95. The van der Waals surface area contributed by atoms with E-state index in [0.29, 0.717) is 12.5 Å². The van der Waals surface area contributed by atoms with Crippen LogP contribution in [0.4, 0.5) is 17.6 Å². The van der Waals surface area contributed by atoms with E-state index in [4.69, 9.17) is 0 Å². The molecule has 0 bridgehead atoms. The van der Waals surface area contributed by atoms with Gasteiger partial charge in [-0.15, -0.1) is 0 Å². The number of alkyl halides is 3. The quantitative estimate of drug-likeness (QED) is 0.825. The van der Waals surface area contributed by atoms with Gasteiger partial charge in [0.2, 0.25) is 0 Å². The molecule has 0 aromatic heterocycles. The third kappa shape index (κ3) is 3.53. The molecule has 3 nitrogen and oxygen atoms in total. The number of nitrogens with one attached hydrogen (secondary N) is 2. The second-order valence-electron chi connectivity index (χ2n) is 5.13. The number of hydrogen-bond donors (Lipinski definition) is 2. The summed E-state index contributed by atoms with van der Waals surface area (Å²) in [6.07, 6.45) is -3.26. The minimum Gasteiger partial charge on any atom is -0.348 e. The SMILES string of the molecule is C[C@@H]1NCCC[C@@H]1NC(=O)c1cccc(C(F)(F)F)c1F. The van der Waals surface area contributed by atoms with Crippen molar-refractivity contribution in [3.63, 3.8) is 0 Å². The van der Waals surface area contributed by atoms with Crippen molar-refractivity contribution in [3.05, 3.63) is 35.1 Å². The highest BCUT2D eigenvalue weighted by Gasteiger charge is 2.36. The van der Waals surface area contributed by atoms with E-state index >= 15 is 0 Å². The molecule has 2 atom stereocenters. The van der Waals surface area contributed by atoms with Crippen molar-refractivity contribution in [1.82, 2.24) is 10.6 Å². The fourth-order valence-electron chi connectivity index (χ4n) is 2.41. The third-order valence-corrected chi connectivity index (χ3v) is 3.63. The molecule has 0 radical (unpaired) electrons. The lowest BCUT2D eigenvalue weighted by molar-refractivity contribution is -0.140. The van der Waals surface area contributed by atoms with E-state index in [1.807, 2.05) is 6.92 Å². The Kier molecular flexibility index (Phi) is 4.51. The Bertz CT molecular complexity index is 530. The first-order valence-corrected chi connectivity index (χ1v) is 6.70. The number of piperidine rings is 1. The van der Waals surface area contributed by atoms with Gasteiger partial charge in [-0.1, -0.05) is 6.07 Å². The normalized spacial score (nSPS) is 22.9. The van der Waals surface area contributed by atoms with Crippen molar-refractivity contribution < 1.29 is 22.4 Å². The molecule has 7 heteroatoms. The van der Waals surface area contributed by atoms with Gasteiger partial charge in [-0.25, -0.2) is 4.39 Å². The van der Waals surface area contributed by atoms with Gasteiger partial charge in [-0.3, -0.25) is 4.79 Å². The molecule has 0 unspecified atom stereocenters. The lowest BCUT2D eigenvalue weighted by Gasteiger charge is -2.30. The van der Waals surface area contributed by atoms with E-state index in [2.05, 4.69) is 10.6 Å². The largest absolute Gasteiger partial charge is 0.419 e. The van der Waals surface area contributed by atoms with Gasteiger partial charge in [0.15, 0.2) is 0 Å². The topological polar surface area (TPSA) is 41.1 Å². The number of carbonyl (C=O) groups is 1. The van der Waals surface area contributed by atoms with Gasteiger partial charge < -0.3 is 10.6 Å². The first kappa shape index (κ1) is 15.8. The summed E-state index contributed by atoms with van der Waals surface area (Å²) in [5.74, 6) is -2.35. The van der Waals surface area contributed by atoms with E-state index in [9.17, 15) is 22.4 Å². The van der Waals surface area contributed by atoms with Crippen LogP contribution in [0.25, 0.3) is 0 Å². The van der Waals surface area contributed by atoms with Crippen LogP contribution in [0.15, 0.2) is 18.2 Å². The molecule has 1 heterocycles. The number of hydrogen-bond acceptors (Lipinski definition) is 2. The van der Waals surface area contributed by atoms with Gasteiger partial charge in [0.1, 0.15) is 5.82 Å². The zero-order valence-electron chi connectivity index (χ0n) is 11.4. The van der Waals surface area contributed by atoms with Crippen molar-refractivity contribution in [3.8, 4) is 0 Å². The van der Waals surface area contributed by atoms with Crippen molar-refractivity contribution >= 4 is 5.91 Å². The van der Waals surface area contributed by atoms with Crippen molar-refractivity contribution in [1.29, 1.82) is 0 Å². The molecule has 1 aromatic rings. The second kappa shape index (κ2) is 6.01. The minimum absolute atomic E-state index is 0.00319. The number of halogens is 4. The van der Waals surface area contributed by atoms with Crippen molar-refractivity contribution in [2.24, 2.45) is 0 Å². The molecule has 0 spiro atoms. The number of amides is 1. The smallest absolute Gasteiger partial charge is 0.348 e. The number of benzene rings is 1. The molecule has 1 aromatic carbocycles. The second-order valence-corrected chi connectivity index (χ2v) is 5.13. The van der Waals surface area contributed by atoms with Gasteiger partial charge in [0.25, 0.3) is 5.91 Å². The monoisotopic (exact) mass is 304 g/mol. The molecule has 2 rings (SSSR count). The first-order chi connectivity index (χ1) is 9.80. The molecule has 0 aliphatic carbocycles. The van der Waals surface area contributed by atoms with E-state index < -0.39 is 29.0 Å².